The molecule has 1 aliphatic rings. The molecule has 0 atom stereocenters. The van der Waals surface area contributed by atoms with Gasteiger partial charge in [0.05, 0.1) is 0 Å². The lowest BCUT2D eigenvalue weighted by molar-refractivity contribution is 0.329. The van der Waals surface area contributed by atoms with E-state index < -0.39 is 0 Å². The first-order valence-corrected chi connectivity index (χ1v) is 7.41. The maximum Gasteiger partial charge on any atom is 0.228 e. The monoisotopic (exact) mass is 339 g/mol. The Bertz CT molecular complexity index is 602. The van der Waals surface area contributed by atoms with Crippen molar-refractivity contribution in [3.63, 3.8) is 0 Å². The van der Waals surface area contributed by atoms with Gasteiger partial charge in [0.1, 0.15) is 5.82 Å². The van der Waals surface area contributed by atoms with Gasteiger partial charge in [0, 0.05) is 22.0 Å². The first-order chi connectivity index (χ1) is 9.54. The van der Waals surface area contributed by atoms with Crippen LogP contribution in [-0.2, 0) is 6.42 Å². The van der Waals surface area contributed by atoms with Crippen molar-refractivity contribution in [2.24, 2.45) is 5.73 Å². The van der Waals surface area contributed by atoms with Crippen molar-refractivity contribution in [1.29, 1.82) is 0 Å². The van der Waals surface area contributed by atoms with Gasteiger partial charge in [-0.15, -0.1) is 0 Å². The lowest BCUT2D eigenvalue weighted by Gasteiger charge is -2.20. The van der Waals surface area contributed by atoms with Gasteiger partial charge in [0.25, 0.3) is 0 Å². The minimum absolute atomic E-state index is 0.230. The average Bonchev–Trinajstić information content (AvgIpc) is 2.98. The van der Waals surface area contributed by atoms with E-state index in [1.807, 2.05) is 0 Å². The van der Waals surface area contributed by atoms with E-state index in [0.29, 0.717) is 28.2 Å². The molecular formula is C14H15BrFN3O. The quantitative estimate of drug-likeness (QED) is 0.929. The SMILES string of the molecule is NC1(Cc2nc(-c3cc(F)cc(Br)c3)no2)CCCC1. The van der Waals surface area contributed by atoms with Gasteiger partial charge in [-0.3, -0.25) is 0 Å². The summed E-state index contributed by atoms with van der Waals surface area (Å²) in [7, 11) is 0. The van der Waals surface area contributed by atoms with E-state index in [2.05, 4.69) is 26.1 Å². The zero-order chi connectivity index (χ0) is 14.2. The normalized spacial score (nSPS) is 17.6. The lowest BCUT2D eigenvalue weighted by Crippen LogP contribution is -2.38. The van der Waals surface area contributed by atoms with Gasteiger partial charge in [-0.25, -0.2) is 4.39 Å². The van der Waals surface area contributed by atoms with Crippen molar-refractivity contribution >= 4 is 15.9 Å². The van der Waals surface area contributed by atoms with Crippen molar-refractivity contribution in [2.45, 2.75) is 37.6 Å². The summed E-state index contributed by atoms with van der Waals surface area (Å²) in [6, 6.07) is 4.52. The Hall–Kier alpha value is -1.27. The maximum absolute atomic E-state index is 13.4. The minimum atomic E-state index is -0.341. The molecule has 3 rings (SSSR count). The number of hydrogen-bond donors (Lipinski definition) is 1. The third kappa shape index (κ3) is 2.91. The number of nitrogens with two attached hydrogens (primary N) is 1. The molecule has 2 aromatic rings. The Morgan fingerprint density at radius 1 is 1.30 bits per heavy atom. The fourth-order valence-electron chi connectivity index (χ4n) is 2.68. The van der Waals surface area contributed by atoms with Crippen LogP contribution in [-0.4, -0.2) is 15.7 Å². The Kier molecular flexibility index (Phi) is 3.60. The second-order valence-electron chi connectivity index (χ2n) is 5.42. The smallest absolute Gasteiger partial charge is 0.228 e. The number of nitrogens with zero attached hydrogens (tertiary/aromatic N) is 2. The van der Waals surface area contributed by atoms with Gasteiger partial charge in [-0.1, -0.05) is 33.9 Å². The molecule has 20 heavy (non-hydrogen) atoms. The molecule has 1 fully saturated rings. The lowest BCUT2D eigenvalue weighted by atomic mass is 9.95. The summed E-state index contributed by atoms with van der Waals surface area (Å²) in [6.45, 7) is 0. The van der Waals surface area contributed by atoms with Gasteiger partial charge < -0.3 is 10.3 Å². The highest BCUT2D eigenvalue weighted by Crippen LogP contribution is 2.30. The molecule has 0 amide bonds. The molecule has 0 spiro atoms. The molecule has 1 aromatic heterocycles. The molecule has 106 valence electrons. The summed E-state index contributed by atoms with van der Waals surface area (Å²) in [5.74, 6) is 0.568. The van der Waals surface area contributed by atoms with Crippen LogP contribution in [0.2, 0.25) is 0 Å². The van der Waals surface area contributed by atoms with Crippen LogP contribution in [0.5, 0.6) is 0 Å². The van der Waals surface area contributed by atoms with Crippen molar-refractivity contribution < 1.29 is 8.91 Å². The highest BCUT2D eigenvalue weighted by molar-refractivity contribution is 9.10. The van der Waals surface area contributed by atoms with Crippen LogP contribution in [0, 0.1) is 5.82 Å². The van der Waals surface area contributed by atoms with Gasteiger partial charge in [-0.05, 0) is 31.0 Å². The molecule has 2 N–H and O–H groups in total. The molecule has 0 aliphatic heterocycles. The minimum Gasteiger partial charge on any atom is -0.339 e. The summed E-state index contributed by atoms with van der Waals surface area (Å²) in [5.41, 5.74) is 6.65. The molecule has 4 nitrogen and oxygen atoms in total. The molecule has 0 unspecified atom stereocenters. The maximum atomic E-state index is 13.4. The molecule has 1 saturated carbocycles. The molecule has 0 radical (unpaired) electrons. The summed E-state index contributed by atoms with van der Waals surface area (Å²) in [4.78, 5) is 4.33. The second kappa shape index (κ2) is 5.26. The van der Waals surface area contributed by atoms with Gasteiger partial charge >= 0.3 is 0 Å². The van der Waals surface area contributed by atoms with E-state index in [9.17, 15) is 4.39 Å². The van der Waals surface area contributed by atoms with Crippen LogP contribution in [0.15, 0.2) is 27.2 Å². The predicted octanol–water partition coefficient (Wildman–Crippen LogP) is 3.45. The van der Waals surface area contributed by atoms with Gasteiger partial charge in [-0.2, -0.15) is 4.98 Å². The number of hydrogen-bond acceptors (Lipinski definition) is 4. The number of benzene rings is 1. The van der Waals surface area contributed by atoms with Crippen molar-refractivity contribution in [3.8, 4) is 11.4 Å². The molecular weight excluding hydrogens is 325 g/mol. The van der Waals surface area contributed by atoms with E-state index in [-0.39, 0.29) is 11.4 Å². The standard InChI is InChI=1S/C14H15BrFN3O/c15-10-5-9(6-11(16)7-10)13-18-12(20-19-13)8-14(17)3-1-2-4-14/h5-7H,1-4,8,17H2. The number of halogens is 2. The summed E-state index contributed by atoms with van der Waals surface area (Å²) in [6.07, 6.45) is 4.84. The Morgan fingerprint density at radius 3 is 2.75 bits per heavy atom. The largest absolute Gasteiger partial charge is 0.339 e. The fraction of sp³-hybridized carbons (Fsp3) is 0.429. The zero-order valence-electron chi connectivity index (χ0n) is 10.9. The van der Waals surface area contributed by atoms with Crippen LogP contribution < -0.4 is 5.73 Å². The van der Waals surface area contributed by atoms with Crippen LogP contribution in [0.3, 0.4) is 0 Å². The molecule has 0 saturated heterocycles. The van der Waals surface area contributed by atoms with Crippen LogP contribution in [0.4, 0.5) is 4.39 Å². The summed E-state index contributed by atoms with van der Waals surface area (Å²) >= 11 is 3.25. The topological polar surface area (TPSA) is 64.9 Å². The fourth-order valence-corrected chi connectivity index (χ4v) is 3.15. The summed E-state index contributed by atoms with van der Waals surface area (Å²) in [5, 5.41) is 3.91. The average molecular weight is 340 g/mol. The van der Waals surface area contributed by atoms with E-state index in [0.717, 1.165) is 25.7 Å². The van der Waals surface area contributed by atoms with Crippen molar-refractivity contribution in [1.82, 2.24) is 10.1 Å². The van der Waals surface area contributed by atoms with E-state index in [4.69, 9.17) is 10.3 Å². The molecule has 1 aromatic carbocycles. The van der Waals surface area contributed by atoms with Gasteiger partial charge in [0.2, 0.25) is 11.7 Å². The Labute approximate surface area is 124 Å². The molecule has 1 aliphatic carbocycles. The van der Waals surface area contributed by atoms with Gasteiger partial charge in [0.15, 0.2) is 0 Å². The predicted molar refractivity (Wildman–Crippen MR) is 76.5 cm³/mol. The molecule has 0 bridgehead atoms. The van der Waals surface area contributed by atoms with E-state index in [1.54, 1.807) is 6.07 Å². The number of aromatic nitrogens is 2. The Balaban J connectivity index is 1.82. The second-order valence-corrected chi connectivity index (χ2v) is 6.33. The summed E-state index contributed by atoms with van der Waals surface area (Å²) < 4.78 is 19.3. The third-order valence-corrected chi connectivity index (χ3v) is 4.15. The molecule has 1 heterocycles. The molecule has 6 heteroatoms. The third-order valence-electron chi connectivity index (χ3n) is 3.69. The van der Waals surface area contributed by atoms with Crippen molar-refractivity contribution in [2.75, 3.05) is 0 Å². The highest BCUT2D eigenvalue weighted by Gasteiger charge is 2.31. The van der Waals surface area contributed by atoms with Crippen LogP contribution in [0.25, 0.3) is 11.4 Å². The van der Waals surface area contributed by atoms with E-state index in [1.165, 1.54) is 12.1 Å². The van der Waals surface area contributed by atoms with E-state index >= 15 is 0 Å². The Morgan fingerprint density at radius 2 is 2.05 bits per heavy atom. The first-order valence-electron chi connectivity index (χ1n) is 6.62. The number of rotatable bonds is 3. The van der Waals surface area contributed by atoms with Crippen molar-refractivity contribution in [3.05, 3.63) is 34.4 Å². The van der Waals surface area contributed by atoms with Crippen LogP contribution >= 0.6 is 15.9 Å². The highest BCUT2D eigenvalue weighted by atomic mass is 79.9. The zero-order valence-corrected chi connectivity index (χ0v) is 12.5. The first kappa shape index (κ1) is 13.7. The van der Waals surface area contributed by atoms with Crippen LogP contribution in [0.1, 0.15) is 31.6 Å².